The summed E-state index contributed by atoms with van der Waals surface area (Å²) in [5.41, 5.74) is 6.99. The van der Waals surface area contributed by atoms with Crippen LogP contribution >= 0.6 is 24.2 Å². The highest BCUT2D eigenvalue weighted by molar-refractivity contribution is 8.21. The Morgan fingerprint density at radius 3 is 2.53 bits per heavy atom. The van der Waals surface area contributed by atoms with Crippen molar-refractivity contribution >= 4 is 28.5 Å². The molecule has 2 rings (SSSR count). The Bertz CT molecular complexity index is 359. The molecule has 92 valence electrons. The minimum absolute atomic E-state index is 0.534. The number of benzene rings is 1. The molecule has 1 fully saturated rings. The Kier molecular flexibility index (Phi) is 4.83. The summed E-state index contributed by atoms with van der Waals surface area (Å²) in [7, 11) is 0. The van der Waals surface area contributed by atoms with Crippen LogP contribution in [0, 0.1) is 5.92 Å². The summed E-state index contributed by atoms with van der Waals surface area (Å²) in [5, 5.41) is 0. The van der Waals surface area contributed by atoms with Crippen LogP contribution < -0.4 is 5.73 Å². The van der Waals surface area contributed by atoms with Crippen LogP contribution in [0.25, 0.3) is 0 Å². The number of hydrogen-bond donors (Lipinski definition) is 1. The standard InChI is InChI=1S/C13H18N2S2/c14-13(16)17-15-8-6-12(7-9-15)10-11-4-2-1-3-5-11/h1-5,12H,6-10H2,(H2,14,16). The summed E-state index contributed by atoms with van der Waals surface area (Å²) in [5.74, 6) is 0.806. The van der Waals surface area contributed by atoms with Crippen molar-refractivity contribution in [2.75, 3.05) is 13.1 Å². The van der Waals surface area contributed by atoms with E-state index < -0.39 is 0 Å². The van der Waals surface area contributed by atoms with Gasteiger partial charge in [0, 0.05) is 13.1 Å². The van der Waals surface area contributed by atoms with E-state index in [0.29, 0.717) is 4.32 Å². The molecule has 1 aromatic rings. The van der Waals surface area contributed by atoms with Gasteiger partial charge in [0.2, 0.25) is 0 Å². The molecule has 2 N–H and O–H groups in total. The van der Waals surface area contributed by atoms with E-state index in [4.69, 9.17) is 18.0 Å². The maximum Gasteiger partial charge on any atom is 0.146 e. The molecule has 2 nitrogen and oxygen atoms in total. The molecule has 1 aliphatic heterocycles. The predicted molar refractivity (Wildman–Crippen MR) is 78.8 cm³/mol. The van der Waals surface area contributed by atoms with E-state index in [-0.39, 0.29) is 0 Å². The number of hydrogen-bond acceptors (Lipinski definition) is 3. The van der Waals surface area contributed by atoms with E-state index in [1.165, 1.54) is 36.8 Å². The average molecular weight is 266 g/mol. The average Bonchev–Trinajstić information content (AvgIpc) is 2.32. The van der Waals surface area contributed by atoms with Crippen molar-refractivity contribution in [1.82, 2.24) is 4.31 Å². The molecule has 1 aromatic carbocycles. The van der Waals surface area contributed by atoms with Crippen LogP contribution in [0.2, 0.25) is 0 Å². The van der Waals surface area contributed by atoms with Crippen LogP contribution in [0.5, 0.6) is 0 Å². The number of nitrogens with zero attached hydrogens (tertiary/aromatic N) is 1. The fourth-order valence-corrected chi connectivity index (χ4v) is 3.24. The molecule has 0 saturated carbocycles. The number of piperidine rings is 1. The molecule has 0 aromatic heterocycles. The highest BCUT2D eigenvalue weighted by Crippen LogP contribution is 2.25. The molecule has 0 radical (unpaired) electrons. The third-order valence-electron chi connectivity index (χ3n) is 3.16. The van der Waals surface area contributed by atoms with Crippen molar-refractivity contribution in [3.05, 3.63) is 35.9 Å². The lowest BCUT2D eigenvalue weighted by Gasteiger charge is -2.30. The maximum atomic E-state index is 5.53. The Labute approximate surface area is 113 Å². The molecule has 0 aliphatic carbocycles. The van der Waals surface area contributed by atoms with Gasteiger partial charge in [-0.2, -0.15) is 0 Å². The van der Waals surface area contributed by atoms with Gasteiger partial charge in [0.1, 0.15) is 4.32 Å². The molecule has 1 heterocycles. The van der Waals surface area contributed by atoms with E-state index in [1.807, 2.05) is 0 Å². The van der Waals surface area contributed by atoms with Gasteiger partial charge in [-0.15, -0.1) is 0 Å². The topological polar surface area (TPSA) is 29.3 Å². The first-order valence-electron chi connectivity index (χ1n) is 6.00. The van der Waals surface area contributed by atoms with E-state index in [2.05, 4.69) is 34.6 Å². The number of rotatable bonds is 3. The van der Waals surface area contributed by atoms with Crippen LogP contribution in [0.4, 0.5) is 0 Å². The van der Waals surface area contributed by atoms with Crippen LogP contribution in [-0.2, 0) is 6.42 Å². The van der Waals surface area contributed by atoms with Crippen molar-refractivity contribution in [2.45, 2.75) is 19.3 Å². The molecule has 1 aliphatic rings. The van der Waals surface area contributed by atoms with Crippen LogP contribution in [0.15, 0.2) is 30.3 Å². The Morgan fingerprint density at radius 1 is 1.29 bits per heavy atom. The zero-order chi connectivity index (χ0) is 12.1. The zero-order valence-electron chi connectivity index (χ0n) is 9.84. The van der Waals surface area contributed by atoms with Gasteiger partial charge in [-0.25, -0.2) is 4.31 Å². The van der Waals surface area contributed by atoms with E-state index >= 15 is 0 Å². The van der Waals surface area contributed by atoms with Crippen LogP contribution in [-0.4, -0.2) is 21.7 Å². The summed E-state index contributed by atoms with van der Waals surface area (Å²) in [4.78, 5) is 0. The second-order valence-corrected chi connectivity index (χ2v) is 6.31. The summed E-state index contributed by atoms with van der Waals surface area (Å²) < 4.78 is 2.82. The largest absolute Gasteiger partial charge is 0.384 e. The third kappa shape index (κ3) is 4.30. The van der Waals surface area contributed by atoms with Crippen molar-refractivity contribution in [1.29, 1.82) is 0 Å². The molecule has 17 heavy (non-hydrogen) atoms. The third-order valence-corrected chi connectivity index (χ3v) is 4.19. The second kappa shape index (κ2) is 6.38. The molecular formula is C13H18N2S2. The van der Waals surface area contributed by atoms with Gasteiger partial charge in [0.15, 0.2) is 0 Å². The van der Waals surface area contributed by atoms with Crippen molar-refractivity contribution in [2.24, 2.45) is 11.7 Å². The first-order chi connectivity index (χ1) is 8.24. The Morgan fingerprint density at radius 2 is 1.94 bits per heavy atom. The fraction of sp³-hybridized carbons (Fsp3) is 0.462. The molecule has 0 atom stereocenters. The zero-order valence-corrected chi connectivity index (χ0v) is 11.5. The minimum atomic E-state index is 0.534. The lowest BCUT2D eigenvalue weighted by atomic mass is 9.91. The highest BCUT2D eigenvalue weighted by atomic mass is 32.2. The Balaban J connectivity index is 1.78. The number of nitrogens with two attached hydrogens (primary N) is 1. The highest BCUT2D eigenvalue weighted by Gasteiger charge is 2.20. The summed E-state index contributed by atoms with van der Waals surface area (Å²) >= 11 is 6.44. The molecule has 0 unspecified atom stereocenters. The van der Waals surface area contributed by atoms with Gasteiger partial charge in [0.05, 0.1) is 0 Å². The lowest BCUT2D eigenvalue weighted by Crippen LogP contribution is -2.31. The Hall–Kier alpha value is -0.580. The van der Waals surface area contributed by atoms with Crippen molar-refractivity contribution in [3.63, 3.8) is 0 Å². The molecular weight excluding hydrogens is 248 g/mol. The van der Waals surface area contributed by atoms with Gasteiger partial charge >= 0.3 is 0 Å². The lowest BCUT2D eigenvalue weighted by molar-refractivity contribution is 0.292. The van der Waals surface area contributed by atoms with Gasteiger partial charge in [-0.05, 0) is 42.7 Å². The monoisotopic (exact) mass is 266 g/mol. The van der Waals surface area contributed by atoms with Gasteiger partial charge in [0.25, 0.3) is 0 Å². The fourth-order valence-electron chi connectivity index (χ4n) is 2.28. The van der Waals surface area contributed by atoms with E-state index in [1.54, 1.807) is 0 Å². The quantitative estimate of drug-likeness (QED) is 0.673. The first-order valence-corrected chi connectivity index (χ1v) is 7.18. The van der Waals surface area contributed by atoms with Crippen LogP contribution in [0.1, 0.15) is 18.4 Å². The van der Waals surface area contributed by atoms with Gasteiger partial charge in [-0.3, -0.25) is 0 Å². The maximum absolute atomic E-state index is 5.53. The SMILES string of the molecule is NC(=S)SN1CCC(Cc2ccccc2)CC1. The minimum Gasteiger partial charge on any atom is -0.384 e. The summed E-state index contributed by atoms with van der Waals surface area (Å²) in [6.07, 6.45) is 3.68. The van der Waals surface area contributed by atoms with Crippen molar-refractivity contribution in [3.8, 4) is 0 Å². The van der Waals surface area contributed by atoms with Gasteiger partial charge < -0.3 is 5.73 Å². The molecule has 0 bridgehead atoms. The van der Waals surface area contributed by atoms with Crippen LogP contribution in [0.3, 0.4) is 0 Å². The number of thiocarbonyl (C=S) groups is 1. The summed E-state index contributed by atoms with van der Waals surface area (Å²) in [6.45, 7) is 2.19. The molecule has 0 amide bonds. The second-order valence-electron chi connectivity index (χ2n) is 4.47. The smallest absolute Gasteiger partial charge is 0.146 e. The molecule has 4 heteroatoms. The van der Waals surface area contributed by atoms with E-state index in [0.717, 1.165) is 19.0 Å². The normalized spacial score (nSPS) is 18.1. The molecule has 0 spiro atoms. The van der Waals surface area contributed by atoms with E-state index in [9.17, 15) is 0 Å². The summed E-state index contributed by atoms with van der Waals surface area (Å²) in [6, 6.07) is 10.7. The molecule has 1 saturated heterocycles. The predicted octanol–water partition coefficient (Wildman–Crippen LogP) is 2.83. The van der Waals surface area contributed by atoms with Crippen molar-refractivity contribution < 1.29 is 0 Å². The first kappa shape index (κ1) is 12.9. The van der Waals surface area contributed by atoms with Gasteiger partial charge in [-0.1, -0.05) is 42.5 Å².